The second-order valence-electron chi connectivity index (χ2n) is 3.92. The van der Waals surface area contributed by atoms with E-state index in [4.69, 9.17) is 0 Å². The molecule has 0 aromatic rings. The lowest BCUT2D eigenvalue weighted by Crippen LogP contribution is -2.11. The summed E-state index contributed by atoms with van der Waals surface area (Å²) in [6.07, 6.45) is 9.37. The van der Waals surface area contributed by atoms with Gasteiger partial charge in [0, 0.05) is 0 Å². The molecule has 2 aliphatic rings. The standard InChI is InChI=1S/C9H18P2/c1-11-9(6-7-10-11)8-4-2-3-5-8/h8-10H,2-7H2,1H3/t9-,11+/m1/s1. The Hall–Kier alpha value is 0.860. The molecule has 0 amide bonds. The molecular formula is C9H18P2. The van der Waals surface area contributed by atoms with Crippen LogP contribution in [-0.2, 0) is 0 Å². The van der Waals surface area contributed by atoms with Crippen molar-refractivity contribution in [2.24, 2.45) is 5.92 Å². The Balaban J connectivity index is 1.92. The summed E-state index contributed by atoms with van der Waals surface area (Å²) >= 11 is 0. The molecule has 0 N–H and O–H groups in total. The average Bonchev–Trinajstić information content (AvgIpc) is 2.55. The molecule has 11 heavy (non-hydrogen) atoms. The Morgan fingerprint density at radius 1 is 1.18 bits per heavy atom. The van der Waals surface area contributed by atoms with E-state index in [2.05, 4.69) is 6.66 Å². The van der Waals surface area contributed by atoms with Crippen LogP contribution < -0.4 is 0 Å². The van der Waals surface area contributed by atoms with Crippen LogP contribution in [0.3, 0.4) is 0 Å². The first kappa shape index (κ1) is 8.46. The van der Waals surface area contributed by atoms with Crippen LogP contribution in [0.1, 0.15) is 32.1 Å². The zero-order valence-corrected chi connectivity index (χ0v) is 9.24. The fourth-order valence-electron chi connectivity index (χ4n) is 2.59. The molecule has 0 spiro atoms. The van der Waals surface area contributed by atoms with Crippen molar-refractivity contribution in [1.29, 1.82) is 0 Å². The summed E-state index contributed by atoms with van der Waals surface area (Å²) in [5, 5.41) is 0. The molecule has 0 nitrogen and oxygen atoms in total. The van der Waals surface area contributed by atoms with Crippen molar-refractivity contribution in [3.05, 3.63) is 0 Å². The van der Waals surface area contributed by atoms with Gasteiger partial charge in [-0.05, 0) is 43.7 Å². The number of hydrogen-bond acceptors (Lipinski definition) is 0. The van der Waals surface area contributed by atoms with E-state index in [1.807, 2.05) is 0 Å². The summed E-state index contributed by atoms with van der Waals surface area (Å²) in [6.45, 7) is 2.55. The maximum Gasteiger partial charge on any atom is -0.0144 e. The minimum Gasteiger partial charge on any atom is -0.0960 e. The average molecular weight is 188 g/mol. The predicted molar refractivity (Wildman–Crippen MR) is 56.4 cm³/mol. The highest BCUT2D eigenvalue weighted by molar-refractivity contribution is 8.22. The van der Waals surface area contributed by atoms with Gasteiger partial charge in [0.25, 0.3) is 0 Å². The van der Waals surface area contributed by atoms with E-state index in [0.29, 0.717) is 7.61 Å². The highest BCUT2D eigenvalue weighted by Gasteiger charge is 2.31. The molecular weight excluding hydrogens is 170 g/mol. The van der Waals surface area contributed by atoms with Crippen LogP contribution in [0.15, 0.2) is 0 Å². The molecule has 0 aromatic heterocycles. The molecule has 0 aromatic carbocycles. The third-order valence-electron chi connectivity index (χ3n) is 3.24. The number of hydrogen-bond donors (Lipinski definition) is 0. The van der Waals surface area contributed by atoms with Gasteiger partial charge in [0.15, 0.2) is 0 Å². The van der Waals surface area contributed by atoms with Crippen LogP contribution in [0.5, 0.6) is 0 Å². The monoisotopic (exact) mass is 188 g/mol. The molecule has 1 unspecified atom stereocenters. The highest BCUT2D eigenvalue weighted by Crippen LogP contribution is 2.66. The Labute approximate surface area is 73.0 Å². The van der Waals surface area contributed by atoms with Crippen LogP contribution in [0.4, 0.5) is 0 Å². The zero-order chi connectivity index (χ0) is 7.68. The quantitative estimate of drug-likeness (QED) is 0.551. The second kappa shape index (κ2) is 3.71. The van der Waals surface area contributed by atoms with Crippen LogP contribution in [-0.4, -0.2) is 18.5 Å². The summed E-state index contributed by atoms with van der Waals surface area (Å²) in [6, 6.07) is 0. The summed E-state index contributed by atoms with van der Waals surface area (Å²) < 4.78 is 0. The SMILES string of the molecule is C[P@]1PCC[C@@H]1C1CCCC1. The predicted octanol–water partition coefficient (Wildman–Crippen LogP) is 3.65. The topological polar surface area (TPSA) is 0 Å². The van der Waals surface area contributed by atoms with Crippen molar-refractivity contribution in [2.75, 3.05) is 12.8 Å². The fraction of sp³-hybridized carbons (Fsp3) is 1.00. The van der Waals surface area contributed by atoms with Crippen LogP contribution >= 0.6 is 15.9 Å². The van der Waals surface area contributed by atoms with Crippen molar-refractivity contribution >= 4 is 15.9 Å². The molecule has 1 heterocycles. The summed E-state index contributed by atoms with van der Waals surface area (Å²) in [5.41, 5.74) is 1.20. The van der Waals surface area contributed by atoms with Crippen molar-refractivity contribution < 1.29 is 0 Å². The summed E-state index contributed by atoms with van der Waals surface area (Å²) in [7, 11) is 1.84. The van der Waals surface area contributed by atoms with Crippen LogP contribution in [0.2, 0.25) is 0 Å². The first-order valence-corrected chi connectivity index (χ1v) is 8.75. The first-order chi connectivity index (χ1) is 5.38. The van der Waals surface area contributed by atoms with Gasteiger partial charge in [0.05, 0.1) is 0 Å². The van der Waals surface area contributed by atoms with Gasteiger partial charge in [-0.25, -0.2) is 0 Å². The van der Waals surface area contributed by atoms with E-state index < -0.39 is 0 Å². The molecule has 1 aliphatic carbocycles. The molecule has 0 bridgehead atoms. The van der Waals surface area contributed by atoms with Crippen molar-refractivity contribution in [2.45, 2.75) is 37.8 Å². The molecule has 2 fully saturated rings. The molecule has 1 aliphatic heterocycles. The molecule has 1 saturated carbocycles. The van der Waals surface area contributed by atoms with Gasteiger partial charge >= 0.3 is 0 Å². The van der Waals surface area contributed by atoms with Gasteiger partial charge in [0.1, 0.15) is 0 Å². The Kier molecular flexibility index (Phi) is 2.86. The summed E-state index contributed by atoms with van der Waals surface area (Å²) in [5.74, 6) is 1.17. The molecule has 2 heteroatoms. The molecule has 1 saturated heterocycles. The Bertz CT molecular complexity index is 130. The van der Waals surface area contributed by atoms with Crippen molar-refractivity contribution in [3.63, 3.8) is 0 Å². The maximum absolute atomic E-state index is 2.55. The van der Waals surface area contributed by atoms with E-state index in [1.165, 1.54) is 32.7 Å². The fourth-order valence-corrected chi connectivity index (χ4v) is 8.48. The van der Waals surface area contributed by atoms with Gasteiger partial charge < -0.3 is 0 Å². The molecule has 2 rings (SSSR count). The van der Waals surface area contributed by atoms with Gasteiger partial charge in [0.2, 0.25) is 0 Å². The smallest absolute Gasteiger partial charge is 0.0144 e. The van der Waals surface area contributed by atoms with E-state index in [0.717, 1.165) is 0 Å². The van der Waals surface area contributed by atoms with E-state index in [-0.39, 0.29) is 0 Å². The lowest BCUT2D eigenvalue weighted by atomic mass is 10.0. The van der Waals surface area contributed by atoms with Crippen molar-refractivity contribution in [1.82, 2.24) is 0 Å². The summed E-state index contributed by atoms with van der Waals surface area (Å²) in [4.78, 5) is 0. The van der Waals surface area contributed by atoms with Crippen molar-refractivity contribution in [3.8, 4) is 0 Å². The highest BCUT2D eigenvalue weighted by atomic mass is 32.0. The molecule has 0 radical (unpaired) electrons. The van der Waals surface area contributed by atoms with E-state index in [9.17, 15) is 0 Å². The molecule has 3 atom stereocenters. The minimum atomic E-state index is 0.488. The van der Waals surface area contributed by atoms with Gasteiger partial charge in [-0.2, -0.15) is 0 Å². The normalized spacial score (nSPS) is 42.3. The van der Waals surface area contributed by atoms with E-state index >= 15 is 0 Å². The van der Waals surface area contributed by atoms with Gasteiger partial charge in [-0.1, -0.05) is 28.7 Å². The lowest BCUT2D eigenvalue weighted by Gasteiger charge is -2.22. The van der Waals surface area contributed by atoms with Gasteiger partial charge in [-0.15, -0.1) is 0 Å². The Morgan fingerprint density at radius 3 is 2.45 bits per heavy atom. The number of rotatable bonds is 1. The Morgan fingerprint density at radius 2 is 1.91 bits per heavy atom. The lowest BCUT2D eigenvalue weighted by molar-refractivity contribution is 0.513. The largest absolute Gasteiger partial charge is 0.0960 e. The first-order valence-electron chi connectivity index (χ1n) is 4.84. The zero-order valence-electron chi connectivity index (χ0n) is 7.34. The third-order valence-corrected chi connectivity index (χ3v) is 9.09. The maximum atomic E-state index is 2.55. The third kappa shape index (κ3) is 1.78. The second-order valence-corrected chi connectivity index (χ2v) is 9.69. The van der Waals surface area contributed by atoms with Crippen LogP contribution in [0.25, 0.3) is 0 Å². The van der Waals surface area contributed by atoms with E-state index in [1.54, 1.807) is 25.4 Å². The molecule has 64 valence electrons. The minimum absolute atomic E-state index is 0.488. The van der Waals surface area contributed by atoms with Gasteiger partial charge in [-0.3, -0.25) is 0 Å². The van der Waals surface area contributed by atoms with Crippen LogP contribution in [0, 0.1) is 5.92 Å².